The molecule has 2 bridgehead atoms. The number of hydrogen-bond donors (Lipinski definition) is 1. The van der Waals surface area contributed by atoms with E-state index >= 15 is 0 Å². The smallest absolute Gasteiger partial charge is 0.0900 e. The minimum absolute atomic E-state index is 0.415. The molecule has 0 aromatic rings. The average Bonchev–Trinajstić information content (AvgIpc) is 3.20. The monoisotopic (exact) mass is 306 g/mol. The average molecular weight is 306 g/mol. The Morgan fingerprint density at radius 3 is 2.23 bits per heavy atom. The van der Waals surface area contributed by atoms with E-state index in [1.165, 1.54) is 44.6 Å². The molecule has 0 aromatic heterocycles. The Morgan fingerprint density at radius 2 is 1.59 bits per heavy atom. The van der Waals surface area contributed by atoms with Crippen LogP contribution in [-0.4, -0.2) is 23.9 Å². The van der Waals surface area contributed by atoms with Crippen LogP contribution < -0.4 is 0 Å². The number of fused-ring (bicyclic) bond motifs is 5. The van der Waals surface area contributed by atoms with Gasteiger partial charge in [0.25, 0.3) is 0 Å². The van der Waals surface area contributed by atoms with Crippen molar-refractivity contribution in [2.24, 2.45) is 29.6 Å². The first-order valence-corrected chi connectivity index (χ1v) is 8.87. The van der Waals surface area contributed by atoms with Crippen LogP contribution in [0.4, 0.5) is 0 Å². The van der Waals surface area contributed by atoms with Gasteiger partial charge in [0.1, 0.15) is 0 Å². The molecule has 0 radical (unpaired) electrons. The van der Waals surface area contributed by atoms with Crippen molar-refractivity contribution < 1.29 is 14.6 Å². The summed E-state index contributed by atoms with van der Waals surface area (Å²) in [5.41, 5.74) is -0.668. The molecule has 3 fully saturated rings. The van der Waals surface area contributed by atoms with Crippen LogP contribution in [0.25, 0.3) is 0 Å². The van der Waals surface area contributed by atoms with Crippen molar-refractivity contribution in [1.82, 2.24) is 0 Å². The van der Waals surface area contributed by atoms with Gasteiger partial charge < -0.3 is 14.6 Å². The molecule has 3 rings (SSSR count). The normalized spacial score (nSPS) is 36.1. The van der Waals surface area contributed by atoms with E-state index in [4.69, 9.17) is 9.47 Å². The summed E-state index contributed by atoms with van der Waals surface area (Å²) in [5.74, 6) is 3.82. The Balaban J connectivity index is 1.68. The zero-order valence-corrected chi connectivity index (χ0v) is 13.6. The lowest BCUT2D eigenvalue weighted by atomic mass is 9.67. The lowest BCUT2D eigenvalue weighted by Gasteiger charge is -2.42. The summed E-state index contributed by atoms with van der Waals surface area (Å²) >= 11 is 0. The molecule has 5 unspecified atom stereocenters. The van der Waals surface area contributed by atoms with Crippen molar-refractivity contribution in [1.29, 1.82) is 0 Å². The van der Waals surface area contributed by atoms with Gasteiger partial charge in [0, 0.05) is 12.8 Å². The van der Waals surface area contributed by atoms with Gasteiger partial charge in [-0.3, -0.25) is 0 Å². The molecule has 0 aromatic carbocycles. The first kappa shape index (κ1) is 15.9. The lowest BCUT2D eigenvalue weighted by molar-refractivity contribution is -0.0846. The van der Waals surface area contributed by atoms with Gasteiger partial charge in [0.2, 0.25) is 0 Å². The maximum absolute atomic E-state index is 11.4. The zero-order valence-electron chi connectivity index (χ0n) is 13.6. The molecular formula is C19H30O3. The fourth-order valence-corrected chi connectivity index (χ4v) is 5.82. The van der Waals surface area contributed by atoms with Crippen LogP contribution in [-0.2, 0) is 9.47 Å². The Labute approximate surface area is 134 Å². The predicted molar refractivity (Wildman–Crippen MR) is 87.0 cm³/mol. The molecule has 3 aliphatic rings. The highest BCUT2D eigenvalue weighted by molar-refractivity contribution is 5.08. The second-order valence-corrected chi connectivity index (χ2v) is 7.44. The van der Waals surface area contributed by atoms with Crippen molar-refractivity contribution in [2.75, 3.05) is 13.2 Å². The number of hydrogen-bond acceptors (Lipinski definition) is 3. The van der Waals surface area contributed by atoms with E-state index in [-0.39, 0.29) is 0 Å². The maximum atomic E-state index is 11.4. The topological polar surface area (TPSA) is 38.7 Å². The third-order valence-corrected chi connectivity index (χ3v) is 6.66. The molecule has 0 spiro atoms. The first-order valence-electron chi connectivity index (χ1n) is 8.87. The predicted octanol–water partition coefficient (Wildman–Crippen LogP) is 3.89. The molecule has 3 saturated carbocycles. The van der Waals surface area contributed by atoms with Crippen LogP contribution in [0.5, 0.6) is 0 Å². The van der Waals surface area contributed by atoms with Crippen LogP contribution in [0.3, 0.4) is 0 Å². The first-order chi connectivity index (χ1) is 10.7. The van der Waals surface area contributed by atoms with E-state index in [2.05, 4.69) is 13.2 Å². The summed E-state index contributed by atoms with van der Waals surface area (Å²) in [6, 6.07) is 0. The SMILES string of the molecule is C=COCCC(O)(CCOC=C)C1CC2CC1C1CCCC21. The largest absolute Gasteiger partial charge is 0.502 e. The maximum Gasteiger partial charge on any atom is 0.0900 e. The van der Waals surface area contributed by atoms with Gasteiger partial charge in [0.15, 0.2) is 0 Å². The summed E-state index contributed by atoms with van der Waals surface area (Å²) < 4.78 is 10.6. The van der Waals surface area contributed by atoms with Gasteiger partial charge in [-0.2, -0.15) is 0 Å². The van der Waals surface area contributed by atoms with Crippen LogP contribution in [0.15, 0.2) is 25.7 Å². The zero-order chi connectivity index (χ0) is 15.6. The summed E-state index contributed by atoms with van der Waals surface area (Å²) in [7, 11) is 0. The molecule has 0 amide bonds. The fraction of sp³-hybridized carbons (Fsp3) is 0.789. The van der Waals surface area contributed by atoms with Crippen molar-refractivity contribution in [3.05, 3.63) is 25.7 Å². The van der Waals surface area contributed by atoms with E-state index in [1.807, 2.05) is 0 Å². The lowest BCUT2D eigenvalue weighted by Crippen LogP contribution is -2.45. The summed E-state index contributed by atoms with van der Waals surface area (Å²) in [6.07, 6.45) is 11.0. The van der Waals surface area contributed by atoms with E-state index in [1.54, 1.807) is 0 Å². The van der Waals surface area contributed by atoms with Crippen molar-refractivity contribution in [3.63, 3.8) is 0 Å². The standard InChI is InChI=1S/C19H30O3/c1-3-21-10-8-19(20,9-11-22-4-2)18-13-14-12-17(18)16-7-5-6-15(14)16/h3-4,14-18,20H,1-2,5-13H2. The van der Waals surface area contributed by atoms with E-state index in [0.29, 0.717) is 32.0 Å². The Kier molecular flexibility index (Phi) is 4.82. The molecule has 0 aliphatic heterocycles. The highest BCUT2D eigenvalue weighted by Crippen LogP contribution is 2.63. The highest BCUT2D eigenvalue weighted by Gasteiger charge is 2.58. The van der Waals surface area contributed by atoms with Gasteiger partial charge in [-0.05, 0) is 55.3 Å². The second-order valence-electron chi connectivity index (χ2n) is 7.44. The number of ether oxygens (including phenoxy) is 2. The third kappa shape index (κ3) is 2.80. The fourth-order valence-electron chi connectivity index (χ4n) is 5.82. The summed E-state index contributed by atoms with van der Waals surface area (Å²) in [6.45, 7) is 8.26. The van der Waals surface area contributed by atoms with E-state index < -0.39 is 5.60 Å². The van der Waals surface area contributed by atoms with Crippen molar-refractivity contribution >= 4 is 0 Å². The van der Waals surface area contributed by atoms with Gasteiger partial charge in [-0.15, -0.1) is 0 Å². The van der Waals surface area contributed by atoms with Crippen LogP contribution in [0, 0.1) is 29.6 Å². The number of aliphatic hydroxyl groups is 1. The molecule has 0 saturated heterocycles. The van der Waals surface area contributed by atoms with E-state index in [9.17, 15) is 5.11 Å². The van der Waals surface area contributed by atoms with Gasteiger partial charge in [-0.1, -0.05) is 19.6 Å². The second kappa shape index (κ2) is 6.66. The van der Waals surface area contributed by atoms with Gasteiger partial charge >= 0.3 is 0 Å². The molecule has 3 heteroatoms. The molecule has 22 heavy (non-hydrogen) atoms. The van der Waals surface area contributed by atoms with Gasteiger partial charge in [0.05, 0.1) is 31.3 Å². The molecule has 0 heterocycles. The van der Waals surface area contributed by atoms with E-state index in [0.717, 1.165) is 23.7 Å². The molecular weight excluding hydrogens is 276 g/mol. The third-order valence-electron chi connectivity index (χ3n) is 6.66. The summed E-state index contributed by atoms with van der Waals surface area (Å²) in [5, 5.41) is 11.4. The summed E-state index contributed by atoms with van der Waals surface area (Å²) in [4.78, 5) is 0. The van der Waals surface area contributed by atoms with Crippen LogP contribution in [0.2, 0.25) is 0 Å². The minimum atomic E-state index is -0.668. The Bertz CT molecular complexity index is 391. The Morgan fingerprint density at radius 1 is 0.955 bits per heavy atom. The molecule has 124 valence electrons. The Hall–Kier alpha value is -0.960. The molecule has 1 N–H and O–H groups in total. The molecule has 5 atom stereocenters. The van der Waals surface area contributed by atoms with Crippen molar-refractivity contribution in [3.8, 4) is 0 Å². The molecule has 3 nitrogen and oxygen atoms in total. The minimum Gasteiger partial charge on any atom is -0.502 e. The highest BCUT2D eigenvalue weighted by atomic mass is 16.5. The van der Waals surface area contributed by atoms with Crippen molar-refractivity contribution in [2.45, 2.75) is 50.5 Å². The number of rotatable bonds is 9. The molecule has 3 aliphatic carbocycles. The van der Waals surface area contributed by atoms with Crippen LogP contribution >= 0.6 is 0 Å². The van der Waals surface area contributed by atoms with Crippen LogP contribution in [0.1, 0.15) is 44.9 Å². The van der Waals surface area contributed by atoms with Gasteiger partial charge in [-0.25, -0.2) is 0 Å². The quantitative estimate of drug-likeness (QED) is 0.519.